The van der Waals surface area contributed by atoms with E-state index >= 15 is 0 Å². The smallest absolute Gasteiger partial charge is 0.258 e. The molecule has 1 nitrogen and oxygen atoms in total. The highest BCUT2D eigenvalue weighted by molar-refractivity contribution is 6.31. The number of aromatic nitrogens is 1. The van der Waals surface area contributed by atoms with E-state index in [1.54, 1.807) is 6.42 Å². The zero-order valence-electron chi connectivity index (χ0n) is 9.08. The SMILES string of the molecule is FC(F)(F)c1cnc([CH]c2ccccc2)c(Cl)c1. The van der Waals surface area contributed by atoms with Gasteiger partial charge in [0.1, 0.15) is 0 Å². The first-order valence-corrected chi connectivity index (χ1v) is 5.47. The van der Waals surface area contributed by atoms with E-state index in [0.717, 1.165) is 17.8 Å². The van der Waals surface area contributed by atoms with Crippen molar-refractivity contribution in [1.29, 1.82) is 0 Å². The van der Waals surface area contributed by atoms with Gasteiger partial charge in [0, 0.05) is 12.6 Å². The van der Waals surface area contributed by atoms with Crippen LogP contribution in [0.4, 0.5) is 13.2 Å². The molecule has 0 aliphatic carbocycles. The van der Waals surface area contributed by atoms with Crippen LogP contribution < -0.4 is 0 Å². The third kappa shape index (κ3) is 3.01. The van der Waals surface area contributed by atoms with Crippen molar-refractivity contribution < 1.29 is 13.2 Å². The van der Waals surface area contributed by atoms with Gasteiger partial charge in [0.15, 0.2) is 0 Å². The fourth-order valence-electron chi connectivity index (χ4n) is 1.42. The standard InChI is InChI=1S/C13H8ClF3N/c14-11-7-10(13(15,16)17)8-18-12(11)6-9-4-2-1-3-5-9/h1-8H. The van der Waals surface area contributed by atoms with Gasteiger partial charge in [-0.1, -0.05) is 41.9 Å². The minimum absolute atomic E-state index is 0.0197. The second-order valence-electron chi connectivity index (χ2n) is 3.64. The maximum absolute atomic E-state index is 12.4. The van der Waals surface area contributed by atoms with Gasteiger partial charge < -0.3 is 0 Å². The van der Waals surface area contributed by atoms with Crippen LogP contribution in [0.2, 0.25) is 5.02 Å². The Morgan fingerprint density at radius 1 is 1.11 bits per heavy atom. The van der Waals surface area contributed by atoms with Gasteiger partial charge in [-0.3, -0.25) is 4.98 Å². The molecule has 0 amide bonds. The van der Waals surface area contributed by atoms with Crippen LogP contribution in [0.1, 0.15) is 16.8 Å². The largest absolute Gasteiger partial charge is 0.417 e. The molecule has 1 aromatic carbocycles. The van der Waals surface area contributed by atoms with Crippen molar-refractivity contribution in [3.05, 3.63) is 70.9 Å². The predicted molar refractivity (Wildman–Crippen MR) is 63.2 cm³/mol. The molecule has 0 aliphatic heterocycles. The minimum Gasteiger partial charge on any atom is -0.258 e. The van der Waals surface area contributed by atoms with Crippen molar-refractivity contribution in [2.45, 2.75) is 6.18 Å². The number of benzene rings is 1. The third-order valence-corrected chi connectivity index (χ3v) is 2.60. The molecule has 0 bridgehead atoms. The number of rotatable bonds is 2. The summed E-state index contributed by atoms with van der Waals surface area (Å²) in [5.74, 6) is 0. The Labute approximate surface area is 107 Å². The van der Waals surface area contributed by atoms with E-state index in [0.29, 0.717) is 5.69 Å². The summed E-state index contributed by atoms with van der Waals surface area (Å²) in [7, 11) is 0. The molecule has 0 N–H and O–H groups in total. The Bertz CT molecular complexity index is 538. The second kappa shape index (κ2) is 4.98. The van der Waals surface area contributed by atoms with Gasteiger partial charge >= 0.3 is 6.18 Å². The van der Waals surface area contributed by atoms with Crippen molar-refractivity contribution in [3.8, 4) is 0 Å². The molecule has 1 aromatic heterocycles. The lowest BCUT2D eigenvalue weighted by Gasteiger charge is -2.08. The van der Waals surface area contributed by atoms with E-state index in [9.17, 15) is 13.2 Å². The Balaban J connectivity index is 2.26. The van der Waals surface area contributed by atoms with Crippen LogP contribution in [0.15, 0.2) is 42.6 Å². The van der Waals surface area contributed by atoms with Gasteiger partial charge in [-0.05, 0) is 11.6 Å². The summed E-state index contributed by atoms with van der Waals surface area (Å²) in [6.07, 6.45) is -2.02. The molecule has 0 unspecified atom stereocenters. The van der Waals surface area contributed by atoms with Crippen molar-refractivity contribution in [2.75, 3.05) is 0 Å². The summed E-state index contributed by atoms with van der Waals surface area (Å²) >= 11 is 5.79. The van der Waals surface area contributed by atoms with Gasteiger partial charge in [-0.15, -0.1) is 0 Å². The lowest BCUT2D eigenvalue weighted by Crippen LogP contribution is -2.06. The molecule has 0 aliphatic rings. The average molecular weight is 271 g/mol. The number of hydrogen-bond acceptors (Lipinski definition) is 1. The van der Waals surface area contributed by atoms with E-state index in [4.69, 9.17) is 11.6 Å². The first-order chi connectivity index (χ1) is 8.47. The highest BCUT2D eigenvalue weighted by atomic mass is 35.5. The van der Waals surface area contributed by atoms with Crippen molar-refractivity contribution >= 4 is 11.6 Å². The Hall–Kier alpha value is -1.55. The molecule has 0 spiro atoms. The molecule has 93 valence electrons. The summed E-state index contributed by atoms with van der Waals surface area (Å²) in [6, 6.07) is 10.0. The van der Waals surface area contributed by atoms with Crippen molar-refractivity contribution in [3.63, 3.8) is 0 Å². The molecule has 1 heterocycles. The first-order valence-electron chi connectivity index (χ1n) is 5.09. The fourth-order valence-corrected chi connectivity index (χ4v) is 1.64. The van der Waals surface area contributed by atoms with Crippen LogP contribution in [-0.2, 0) is 6.18 Å². The Kier molecular flexibility index (Phi) is 3.57. The van der Waals surface area contributed by atoms with Gasteiger partial charge in [-0.25, -0.2) is 0 Å². The van der Waals surface area contributed by atoms with Crippen LogP contribution >= 0.6 is 11.6 Å². The lowest BCUT2D eigenvalue weighted by atomic mass is 10.1. The molecule has 0 fully saturated rings. The van der Waals surface area contributed by atoms with Crippen molar-refractivity contribution in [1.82, 2.24) is 4.98 Å². The predicted octanol–water partition coefficient (Wildman–Crippen LogP) is 4.35. The summed E-state index contributed by atoms with van der Waals surface area (Å²) in [5.41, 5.74) is 0.292. The van der Waals surface area contributed by atoms with Crippen LogP contribution in [0.5, 0.6) is 0 Å². The topological polar surface area (TPSA) is 12.9 Å². The Morgan fingerprint density at radius 2 is 1.78 bits per heavy atom. The van der Waals surface area contributed by atoms with Gasteiger partial charge in [0.2, 0.25) is 0 Å². The fraction of sp³-hybridized carbons (Fsp3) is 0.0769. The number of hydrogen-bond donors (Lipinski definition) is 0. The Morgan fingerprint density at radius 3 is 2.33 bits per heavy atom. The number of alkyl halides is 3. The monoisotopic (exact) mass is 270 g/mol. The maximum atomic E-state index is 12.4. The molecule has 18 heavy (non-hydrogen) atoms. The molecule has 0 saturated carbocycles. The van der Waals surface area contributed by atoms with Crippen LogP contribution in [0, 0.1) is 6.42 Å². The molecule has 1 radical (unpaired) electrons. The highest BCUT2D eigenvalue weighted by Crippen LogP contribution is 2.31. The summed E-state index contributed by atoms with van der Waals surface area (Å²) in [6.45, 7) is 0. The van der Waals surface area contributed by atoms with E-state index < -0.39 is 11.7 Å². The van der Waals surface area contributed by atoms with E-state index in [1.165, 1.54) is 0 Å². The van der Waals surface area contributed by atoms with Gasteiger partial charge in [0.25, 0.3) is 0 Å². The molecule has 0 saturated heterocycles. The number of nitrogens with zero attached hydrogens (tertiary/aromatic N) is 1. The molecular formula is C13H8ClF3N. The molecule has 0 atom stereocenters. The van der Waals surface area contributed by atoms with Crippen LogP contribution in [0.25, 0.3) is 0 Å². The molecule has 5 heteroatoms. The van der Waals surface area contributed by atoms with Gasteiger partial charge in [0.05, 0.1) is 16.3 Å². The van der Waals surface area contributed by atoms with Crippen LogP contribution in [-0.4, -0.2) is 4.98 Å². The summed E-state index contributed by atoms with van der Waals surface area (Å²) < 4.78 is 37.3. The van der Waals surface area contributed by atoms with Gasteiger partial charge in [-0.2, -0.15) is 13.2 Å². The van der Waals surface area contributed by atoms with E-state index in [2.05, 4.69) is 4.98 Å². The lowest BCUT2D eigenvalue weighted by molar-refractivity contribution is -0.137. The third-order valence-electron chi connectivity index (χ3n) is 2.30. The summed E-state index contributed by atoms with van der Waals surface area (Å²) in [5, 5.41) is -0.0197. The quantitative estimate of drug-likeness (QED) is 0.790. The molecule has 2 aromatic rings. The maximum Gasteiger partial charge on any atom is 0.417 e. The highest BCUT2D eigenvalue weighted by Gasteiger charge is 2.31. The number of halogens is 4. The minimum atomic E-state index is -4.43. The number of pyridine rings is 1. The zero-order chi connectivity index (χ0) is 13.2. The first kappa shape index (κ1) is 12.9. The van der Waals surface area contributed by atoms with E-state index in [-0.39, 0.29) is 5.02 Å². The van der Waals surface area contributed by atoms with Crippen molar-refractivity contribution in [2.24, 2.45) is 0 Å². The van der Waals surface area contributed by atoms with E-state index in [1.807, 2.05) is 30.3 Å². The average Bonchev–Trinajstić information content (AvgIpc) is 2.32. The molecule has 2 rings (SSSR count). The molecular weight excluding hydrogens is 263 g/mol. The zero-order valence-corrected chi connectivity index (χ0v) is 9.83. The summed E-state index contributed by atoms with van der Waals surface area (Å²) in [4.78, 5) is 3.73. The normalized spacial score (nSPS) is 11.6. The second-order valence-corrected chi connectivity index (χ2v) is 4.05. The van der Waals surface area contributed by atoms with Crippen LogP contribution in [0.3, 0.4) is 0 Å².